The third-order valence-corrected chi connectivity index (χ3v) is 7.26. The Balaban J connectivity index is 1.37. The Hall–Kier alpha value is -3.59. The summed E-state index contributed by atoms with van der Waals surface area (Å²) in [5.74, 6) is 2.08. The molecule has 2 aromatic heterocycles. The van der Waals surface area contributed by atoms with Gasteiger partial charge in [-0.15, -0.1) is 5.10 Å². The molecule has 0 aliphatic heterocycles. The van der Waals surface area contributed by atoms with E-state index in [1.165, 1.54) is 28.5 Å². The first-order valence-electron chi connectivity index (χ1n) is 12.2. The molecular formula is C28H33N5O3S. The first-order valence-corrected chi connectivity index (χ1v) is 13.2. The molecule has 2 heterocycles. The van der Waals surface area contributed by atoms with Crippen molar-refractivity contribution in [3.63, 3.8) is 0 Å². The lowest BCUT2D eigenvalue weighted by atomic mass is 9.97. The van der Waals surface area contributed by atoms with Crippen LogP contribution in [0.1, 0.15) is 39.2 Å². The van der Waals surface area contributed by atoms with E-state index in [9.17, 15) is 4.79 Å². The molecule has 0 aliphatic rings. The van der Waals surface area contributed by atoms with Crippen LogP contribution in [0, 0.1) is 27.7 Å². The second-order valence-electron chi connectivity index (χ2n) is 9.05. The Labute approximate surface area is 221 Å². The van der Waals surface area contributed by atoms with E-state index in [1.807, 2.05) is 32.0 Å². The number of rotatable bonds is 10. The predicted molar refractivity (Wildman–Crippen MR) is 146 cm³/mol. The van der Waals surface area contributed by atoms with Crippen molar-refractivity contribution in [1.82, 2.24) is 24.9 Å². The van der Waals surface area contributed by atoms with Crippen molar-refractivity contribution < 1.29 is 14.3 Å². The highest BCUT2D eigenvalue weighted by molar-refractivity contribution is 7.99. The van der Waals surface area contributed by atoms with Gasteiger partial charge in [-0.2, -0.15) is 4.98 Å². The number of carbonyl (C=O) groups is 1. The summed E-state index contributed by atoms with van der Waals surface area (Å²) in [4.78, 5) is 21.7. The summed E-state index contributed by atoms with van der Waals surface area (Å²) in [7, 11) is 3.22. The number of nitrogens with one attached hydrogen (secondary N) is 1. The lowest BCUT2D eigenvalue weighted by Crippen LogP contribution is -2.27. The molecule has 2 aromatic carbocycles. The van der Waals surface area contributed by atoms with E-state index >= 15 is 0 Å². The number of amides is 1. The largest absolute Gasteiger partial charge is 0.493 e. The molecule has 9 heteroatoms. The van der Waals surface area contributed by atoms with Gasteiger partial charge in [-0.25, -0.2) is 9.50 Å². The van der Waals surface area contributed by atoms with Gasteiger partial charge in [0.25, 0.3) is 5.78 Å². The van der Waals surface area contributed by atoms with Crippen LogP contribution in [0.2, 0.25) is 0 Å². The maximum absolute atomic E-state index is 12.4. The average molecular weight is 520 g/mol. The normalized spacial score (nSPS) is 11.1. The van der Waals surface area contributed by atoms with Crippen molar-refractivity contribution >= 4 is 23.4 Å². The van der Waals surface area contributed by atoms with E-state index in [1.54, 1.807) is 18.7 Å². The lowest BCUT2D eigenvalue weighted by molar-refractivity contribution is -0.118. The Morgan fingerprint density at radius 1 is 1.00 bits per heavy atom. The highest BCUT2D eigenvalue weighted by Crippen LogP contribution is 2.27. The smallest absolute Gasteiger partial charge is 0.253 e. The summed E-state index contributed by atoms with van der Waals surface area (Å²) >= 11 is 1.31. The van der Waals surface area contributed by atoms with Gasteiger partial charge < -0.3 is 14.8 Å². The van der Waals surface area contributed by atoms with Crippen molar-refractivity contribution in [2.45, 2.75) is 45.7 Å². The van der Waals surface area contributed by atoms with Gasteiger partial charge in [-0.3, -0.25) is 4.79 Å². The monoisotopic (exact) mass is 519 g/mol. The molecule has 37 heavy (non-hydrogen) atoms. The second-order valence-corrected chi connectivity index (χ2v) is 9.99. The zero-order valence-corrected chi connectivity index (χ0v) is 23.0. The van der Waals surface area contributed by atoms with Crippen molar-refractivity contribution in [2.75, 3.05) is 26.5 Å². The second kappa shape index (κ2) is 11.6. The number of hydrogen-bond donors (Lipinski definition) is 1. The first kappa shape index (κ1) is 26.5. The topological polar surface area (TPSA) is 90.6 Å². The summed E-state index contributed by atoms with van der Waals surface area (Å²) in [6, 6.07) is 12.3. The van der Waals surface area contributed by atoms with Crippen LogP contribution in [-0.2, 0) is 17.6 Å². The van der Waals surface area contributed by atoms with E-state index in [0.717, 1.165) is 28.9 Å². The molecule has 0 aliphatic carbocycles. The number of benzene rings is 2. The van der Waals surface area contributed by atoms with Gasteiger partial charge in [0.2, 0.25) is 11.1 Å². The molecule has 0 radical (unpaired) electrons. The van der Waals surface area contributed by atoms with Crippen LogP contribution in [0.15, 0.2) is 41.6 Å². The van der Waals surface area contributed by atoms with Gasteiger partial charge in [0.15, 0.2) is 11.5 Å². The molecule has 1 N–H and O–H groups in total. The van der Waals surface area contributed by atoms with Crippen LogP contribution >= 0.6 is 11.8 Å². The quantitative estimate of drug-likeness (QED) is 0.310. The van der Waals surface area contributed by atoms with Crippen molar-refractivity contribution in [2.24, 2.45) is 0 Å². The Morgan fingerprint density at radius 3 is 2.54 bits per heavy atom. The molecule has 0 atom stereocenters. The number of fused-ring (bicyclic) bond motifs is 1. The molecule has 0 fully saturated rings. The number of carbonyl (C=O) groups excluding carboxylic acids is 1. The summed E-state index contributed by atoms with van der Waals surface area (Å²) < 4.78 is 12.4. The summed E-state index contributed by atoms with van der Waals surface area (Å²) in [6.45, 7) is 8.83. The van der Waals surface area contributed by atoms with Crippen molar-refractivity contribution in [3.05, 3.63) is 75.6 Å². The highest BCUT2D eigenvalue weighted by Gasteiger charge is 2.16. The van der Waals surface area contributed by atoms with E-state index < -0.39 is 0 Å². The molecule has 8 nitrogen and oxygen atoms in total. The molecule has 1 amide bonds. The lowest BCUT2D eigenvalue weighted by Gasteiger charge is -2.12. The maximum atomic E-state index is 12.4. The Bertz CT molecular complexity index is 1430. The average Bonchev–Trinajstić information content (AvgIpc) is 3.30. The van der Waals surface area contributed by atoms with E-state index in [2.05, 4.69) is 47.4 Å². The van der Waals surface area contributed by atoms with Gasteiger partial charge in [0.1, 0.15) is 0 Å². The van der Waals surface area contributed by atoms with Crippen LogP contribution in [0.3, 0.4) is 0 Å². The van der Waals surface area contributed by atoms with E-state index in [4.69, 9.17) is 14.5 Å². The molecule has 194 valence electrons. The number of thioether (sulfide) groups is 1. The van der Waals surface area contributed by atoms with Crippen LogP contribution in [-0.4, -0.2) is 52.0 Å². The summed E-state index contributed by atoms with van der Waals surface area (Å²) in [5, 5.41) is 8.13. The number of methoxy groups -OCH3 is 2. The number of aromatic nitrogens is 4. The van der Waals surface area contributed by atoms with E-state index in [-0.39, 0.29) is 11.7 Å². The van der Waals surface area contributed by atoms with Crippen LogP contribution in [0.5, 0.6) is 11.5 Å². The minimum Gasteiger partial charge on any atom is -0.493 e. The molecule has 0 bridgehead atoms. The molecule has 0 unspecified atom stereocenters. The fourth-order valence-electron chi connectivity index (χ4n) is 4.25. The minimum absolute atomic E-state index is 0.0687. The molecule has 0 saturated heterocycles. The maximum Gasteiger partial charge on any atom is 0.253 e. The third kappa shape index (κ3) is 6.22. The molecule has 0 spiro atoms. The fourth-order valence-corrected chi connectivity index (χ4v) is 4.90. The molecule has 4 aromatic rings. The molecule has 4 rings (SSSR count). The summed E-state index contributed by atoms with van der Waals surface area (Å²) in [5.41, 5.74) is 7.95. The van der Waals surface area contributed by atoms with Gasteiger partial charge in [0.05, 0.1) is 20.0 Å². The van der Waals surface area contributed by atoms with Crippen LogP contribution in [0.4, 0.5) is 0 Å². The minimum atomic E-state index is -0.0687. The Morgan fingerprint density at radius 2 is 1.78 bits per heavy atom. The van der Waals surface area contributed by atoms with Gasteiger partial charge in [0, 0.05) is 24.4 Å². The fraction of sp³-hybridized carbons (Fsp3) is 0.357. The molecule has 0 saturated carbocycles. The van der Waals surface area contributed by atoms with Crippen LogP contribution < -0.4 is 14.8 Å². The standard InChI is InChI=1S/C28H33N5O3S/c1-17-7-8-18(2)22(13-17)15-23-19(3)30-27-31-28(32-33(27)20(23)4)37-16-26(34)29-12-11-21-9-10-24(35-5)25(14-21)36-6/h7-10,13-14H,11-12,15-16H2,1-6H3,(H,29,34). The van der Waals surface area contributed by atoms with Crippen molar-refractivity contribution in [3.8, 4) is 11.5 Å². The van der Waals surface area contributed by atoms with Gasteiger partial charge in [-0.1, -0.05) is 41.6 Å². The number of nitrogens with zero attached hydrogens (tertiary/aromatic N) is 4. The number of ether oxygens (including phenoxy) is 2. The van der Waals surface area contributed by atoms with E-state index in [0.29, 0.717) is 35.4 Å². The number of aryl methyl sites for hydroxylation is 4. The number of hydrogen-bond acceptors (Lipinski definition) is 7. The van der Waals surface area contributed by atoms with Crippen LogP contribution in [0.25, 0.3) is 5.78 Å². The predicted octanol–water partition coefficient (Wildman–Crippen LogP) is 4.42. The molecular weight excluding hydrogens is 486 g/mol. The van der Waals surface area contributed by atoms with Gasteiger partial charge in [-0.05, 0) is 68.5 Å². The van der Waals surface area contributed by atoms with Crippen molar-refractivity contribution in [1.29, 1.82) is 0 Å². The third-order valence-electron chi connectivity index (χ3n) is 6.42. The highest BCUT2D eigenvalue weighted by atomic mass is 32.2. The first-order chi connectivity index (χ1) is 17.8. The summed E-state index contributed by atoms with van der Waals surface area (Å²) in [6.07, 6.45) is 1.48. The van der Waals surface area contributed by atoms with Gasteiger partial charge >= 0.3 is 0 Å². The SMILES string of the molecule is COc1ccc(CCNC(=O)CSc2nc3nc(C)c(Cc4cc(C)ccc4C)c(C)n3n2)cc1OC. The zero-order chi connectivity index (χ0) is 26.5. The Kier molecular flexibility index (Phi) is 8.33. The zero-order valence-electron chi connectivity index (χ0n) is 22.2.